The zero-order chi connectivity index (χ0) is 17.2. The number of nitro benzene ring substituents is 1. The molecule has 0 amide bonds. The van der Waals surface area contributed by atoms with Gasteiger partial charge in [-0.15, -0.1) is 0 Å². The zero-order valence-corrected chi connectivity index (χ0v) is 11.9. The fourth-order valence-corrected chi connectivity index (χ4v) is 2.21. The highest BCUT2D eigenvalue weighted by atomic mass is 19.4. The van der Waals surface area contributed by atoms with Crippen molar-refractivity contribution >= 4 is 5.69 Å². The number of alkyl halides is 3. The van der Waals surface area contributed by atoms with Gasteiger partial charge in [-0.3, -0.25) is 10.1 Å². The number of benzene rings is 2. The molecule has 0 aromatic heterocycles. The van der Waals surface area contributed by atoms with Gasteiger partial charge in [0.1, 0.15) is 5.75 Å². The molecule has 8 heteroatoms. The summed E-state index contributed by atoms with van der Waals surface area (Å²) in [5, 5.41) is 20.1. The highest BCUT2D eigenvalue weighted by Crippen LogP contribution is 2.40. The first kappa shape index (κ1) is 16.8. The number of hydrogen-bond acceptors (Lipinski definition) is 4. The molecule has 0 atom stereocenters. The van der Waals surface area contributed by atoms with Gasteiger partial charge < -0.3 is 9.84 Å². The minimum atomic E-state index is -4.64. The van der Waals surface area contributed by atoms with Gasteiger partial charge in [-0.25, -0.2) is 0 Å². The van der Waals surface area contributed by atoms with Crippen LogP contribution in [0.4, 0.5) is 18.9 Å². The second-order valence-electron chi connectivity index (χ2n) is 4.67. The standard InChI is InChI=1S/C15H12F3NO4/c1-23-11-3-5-13(14(7-11)15(16,17)18)12-4-2-10(19(21)22)6-9(12)8-20/h2-7,20H,8H2,1H3. The summed E-state index contributed by atoms with van der Waals surface area (Å²) < 4.78 is 44.6. The molecule has 0 spiro atoms. The van der Waals surface area contributed by atoms with Crippen LogP contribution in [0.3, 0.4) is 0 Å². The molecular formula is C15H12F3NO4. The fraction of sp³-hybridized carbons (Fsp3) is 0.200. The maximum atomic E-state index is 13.3. The number of hydrogen-bond donors (Lipinski definition) is 1. The van der Waals surface area contributed by atoms with E-state index >= 15 is 0 Å². The number of ether oxygens (including phenoxy) is 1. The van der Waals surface area contributed by atoms with Crippen LogP contribution in [0.5, 0.6) is 5.75 Å². The van der Waals surface area contributed by atoms with Gasteiger partial charge in [-0.2, -0.15) is 13.2 Å². The summed E-state index contributed by atoms with van der Waals surface area (Å²) in [6.45, 7) is -0.625. The van der Waals surface area contributed by atoms with Crippen molar-refractivity contribution in [3.8, 4) is 16.9 Å². The summed E-state index contributed by atoms with van der Waals surface area (Å²) in [5.41, 5.74) is -1.32. The molecule has 2 aromatic rings. The van der Waals surface area contributed by atoms with E-state index in [4.69, 9.17) is 4.74 Å². The van der Waals surface area contributed by atoms with Gasteiger partial charge in [0.2, 0.25) is 0 Å². The van der Waals surface area contributed by atoms with E-state index in [1.54, 1.807) is 0 Å². The molecule has 0 heterocycles. The summed E-state index contributed by atoms with van der Waals surface area (Å²) in [6.07, 6.45) is -4.64. The Morgan fingerprint density at radius 3 is 2.35 bits per heavy atom. The Morgan fingerprint density at radius 2 is 1.83 bits per heavy atom. The van der Waals surface area contributed by atoms with Crippen molar-refractivity contribution in [3.05, 3.63) is 57.6 Å². The SMILES string of the molecule is COc1ccc(-c2ccc([N+](=O)[O-])cc2CO)c(C(F)(F)F)c1. The molecule has 5 nitrogen and oxygen atoms in total. The van der Waals surface area contributed by atoms with Crippen LogP contribution in [-0.2, 0) is 12.8 Å². The lowest BCUT2D eigenvalue weighted by atomic mass is 9.94. The molecule has 0 bridgehead atoms. The van der Waals surface area contributed by atoms with Crippen molar-refractivity contribution in [3.63, 3.8) is 0 Å². The third kappa shape index (κ3) is 3.42. The number of nitrogens with zero attached hydrogens (tertiary/aromatic N) is 1. The molecule has 23 heavy (non-hydrogen) atoms. The highest BCUT2D eigenvalue weighted by Gasteiger charge is 2.34. The predicted octanol–water partition coefficient (Wildman–Crippen LogP) is 3.78. The summed E-state index contributed by atoms with van der Waals surface area (Å²) in [7, 11) is 1.25. The molecule has 0 saturated carbocycles. The summed E-state index contributed by atoms with van der Waals surface area (Å²) in [5.74, 6) is 0.0357. The van der Waals surface area contributed by atoms with E-state index in [2.05, 4.69) is 0 Å². The molecule has 0 aliphatic heterocycles. The predicted molar refractivity (Wildman–Crippen MR) is 76.0 cm³/mol. The molecule has 0 fully saturated rings. The van der Waals surface area contributed by atoms with Crippen molar-refractivity contribution in [2.45, 2.75) is 12.8 Å². The lowest BCUT2D eigenvalue weighted by Gasteiger charge is -2.16. The van der Waals surface area contributed by atoms with Crippen molar-refractivity contribution in [2.75, 3.05) is 7.11 Å². The number of rotatable bonds is 4. The van der Waals surface area contributed by atoms with Gasteiger partial charge in [-0.05, 0) is 34.9 Å². The third-order valence-electron chi connectivity index (χ3n) is 3.29. The molecule has 0 saturated heterocycles. The fourth-order valence-electron chi connectivity index (χ4n) is 2.21. The lowest BCUT2D eigenvalue weighted by molar-refractivity contribution is -0.384. The van der Waals surface area contributed by atoms with Crippen LogP contribution in [0, 0.1) is 10.1 Å². The summed E-state index contributed by atoms with van der Waals surface area (Å²) >= 11 is 0. The number of aliphatic hydroxyl groups is 1. The number of non-ortho nitro benzene ring substituents is 1. The van der Waals surface area contributed by atoms with E-state index in [0.717, 1.165) is 18.2 Å². The average Bonchev–Trinajstić information content (AvgIpc) is 2.52. The van der Waals surface area contributed by atoms with E-state index in [-0.39, 0.29) is 28.1 Å². The molecule has 1 N–H and O–H groups in total. The topological polar surface area (TPSA) is 72.6 Å². The molecule has 0 aliphatic carbocycles. The Labute approximate surface area is 129 Å². The van der Waals surface area contributed by atoms with E-state index in [0.29, 0.717) is 0 Å². The molecule has 0 aliphatic rings. The van der Waals surface area contributed by atoms with Crippen LogP contribution in [-0.4, -0.2) is 17.1 Å². The van der Waals surface area contributed by atoms with E-state index in [1.807, 2.05) is 0 Å². The molecule has 2 aromatic carbocycles. The smallest absolute Gasteiger partial charge is 0.417 e. The van der Waals surface area contributed by atoms with E-state index in [9.17, 15) is 28.4 Å². The third-order valence-corrected chi connectivity index (χ3v) is 3.29. The first-order valence-corrected chi connectivity index (χ1v) is 6.41. The Morgan fingerprint density at radius 1 is 1.17 bits per heavy atom. The molecular weight excluding hydrogens is 315 g/mol. The number of aliphatic hydroxyl groups excluding tert-OH is 1. The Balaban J connectivity index is 2.69. The monoisotopic (exact) mass is 327 g/mol. The van der Waals surface area contributed by atoms with Crippen LogP contribution >= 0.6 is 0 Å². The van der Waals surface area contributed by atoms with Crippen molar-refractivity contribution in [2.24, 2.45) is 0 Å². The molecule has 122 valence electrons. The average molecular weight is 327 g/mol. The number of halogens is 3. The van der Waals surface area contributed by atoms with E-state index < -0.39 is 23.3 Å². The lowest BCUT2D eigenvalue weighted by Crippen LogP contribution is -2.08. The first-order valence-electron chi connectivity index (χ1n) is 6.41. The second kappa shape index (κ2) is 6.25. The quantitative estimate of drug-likeness (QED) is 0.685. The Bertz CT molecular complexity index is 744. The van der Waals surface area contributed by atoms with Crippen LogP contribution < -0.4 is 4.74 Å². The van der Waals surface area contributed by atoms with Crippen molar-refractivity contribution < 1.29 is 27.9 Å². The minimum Gasteiger partial charge on any atom is -0.497 e. The molecule has 0 unspecified atom stereocenters. The minimum absolute atomic E-state index is 0.0357. The summed E-state index contributed by atoms with van der Waals surface area (Å²) in [6, 6.07) is 6.76. The van der Waals surface area contributed by atoms with Gasteiger partial charge in [0.25, 0.3) is 5.69 Å². The number of methoxy groups -OCH3 is 1. The van der Waals surface area contributed by atoms with Gasteiger partial charge in [0.05, 0.1) is 24.2 Å². The largest absolute Gasteiger partial charge is 0.497 e. The second-order valence-corrected chi connectivity index (χ2v) is 4.67. The maximum Gasteiger partial charge on any atom is 0.417 e. The van der Waals surface area contributed by atoms with Gasteiger partial charge in [0.15, 0.2) is 0 Å². The van der Waals surface area contributed by atoms with Crippen molar-refractivity contribution in [1.29, 1.82) is 0 Å². The van der Waals surface area contributed by atoms with Gasteiger partial charge >= 0.3 is 6.18 Å². The van der Waals surface area contributed by atoms with Crippen LogP contribution in [0.1, 0.15) is 11.1 Å². The van der Waals surface area contributed by atoms with Crippen LogP contribution in [0.15, 0.2) is 36.4 Å². The highest BCUT2D eigenvalue weighted by molar-refractivity contribution is 5.73. The van der Waals surface area contributed by atoms with E-state index in [1.165, 1.54) is 25.3 Å². The van der Waals surface area contributed by atoms with Gasteiger partial charge in [0, 0.05) is 12.1 Å². The Kier molecular flexibility index (Phi) is 4.55. The maximum absolute atomic E-state index is 13.3. The van der Waals surface area contributed by atoms with Crippen LogP contribution in [0.2, 0.25) is 0 Å². The molecule has 0 radical (unpaired) electrons. The zero-order valence-electron chi connectivity index (χ0n) is 11.9. The van der Waals surface area contributed by atoms with Crippen molar-refractivity contribution in [1.82, 2.24) is 0 Å². The van der Waals surface area contributed by atoms with Gasteiger partial charge in [-0.1, -0.05) is 6.07 Å². The normalized spacial score (nSPS) is 11.3. The molecule has 2 rings (SSSR count). The first-order chi connectivity index (χ1) is 10.8. The van der Waals surface area contributed by atoms with Crippen LogP contribution in [0.25, 0.3) is 11.1 Å². The summed E-state index contributed by atoms with van der Waals surface area (Å²) in [4.78, 5) is 10.1. The number of nitro groups is 1. The Hall–Kier alpha value is -2.61.